The Morgan fingerprint density at radius 1 is 1.12 bits per heavy atom. The summed E-state index contributed by atoms with van der Waals surface area (Å²) < 4.78 is 0.942. The van der Waals surface area contributed by atoms with Gasteiger partial charge in [-0.05, 0) is 42.5 Å². The first kappa shape index (κ1) is 12.0. The Kier molecular flexibility index (Phi) is 3.72. The maximum absolute atomic E-state index is 9.20. The molecule has 2 rings (SSSR count). The molecule has 4 heteroatoms. The Balaban J connectivity index is 2.32. The number of hydrogen-bond donors (Lipinski definition) is 1. The molecule has 0 saturated heterocycles. The standard InChI is InChI=1S/C13H8BrNOS/c14-10-2-1-9(8-15)13(7-10)17-12-5-3-11(16)4-6-12/h1-7,16H. The molecule has 0 atom stereocenters. The largest absolute Gasteiger partial charge is 0.508 e. The van der Waals surface area contributed by atoms with E-state index in [0.29, 0.717) is 5.56 Å². The van der Waals surface area contributed by atoms with Gasteiger partial charge in [0.1, 0.15) is 11.8 Å². The number of nitrogens with zero attached hydrogens (tertiary/aromatic N) is 1. The van der Waals surface area contributed by atoms with Crippen LogP contribution in [0.2, 0.25) is 0 Å². The molecule has 0 unspecified atom stereocenters. The smallest absolute Gasteiger partial charge is 0.115 e. The monoisotopic (exact) mass is 305 g/mol. The topological polar surface area (TPSA) is 44.0 Å². The SMILES string of the molecule is N#Cc1ccc(Br)cc1Sc1ccc(O)cc1. The highest BCUT2D eigenvalue weighted by Crippen LogP contribution is 2.32. The normalized spacial score (nSPS) is 9.88. The van der Waals surface area contributed by atoms with Crippen LogP contribution in [0.15, 0.2) is 56.7 Å². The van der Waals surface area contributed by atoms with Crippen molar-refractivity contribution in [2.24, 2.45) is 0 Å². The van der Waals surface area contributed by atoms with Crippen molar-refractivity contribution in [3.8, 4) is 11.8 Å². The van der Waals surface area contributed by atoms with Crippen molar-refractivity contribution in [2.75, 3.05) is 0 Å². The molecule has 2 aromatic rings. The fourth-order valence-electron chi connectivity index (χ4n) is 1.31. The van der Waals surface area contributed by atoms with Crippen molar-refractivity contribution in [3.63, 3.8) is 0 Å². The maximum atomic E-state index is 9.20. The average molecular weight is 306 g/mol. The second-order valence-corrected chi connectivity index (χ2v) is 5.38. The van der Waals surface area contributed by atoms with E-state index in [4.69, 9.17) is 5.26 Å². The van der Waals surface area contributed by atoms with Crippen molar-refractivity contribution in [1.82, 2.24) is 0 Å². The zero-order chi connectivity index (χ0) is 12.3. The molecule has 1 N–H and O–H groups in total. The van der Waals surface area contributed by atoms with Gasteiger partial charge in [0.25, 0.3) is 0 Å². The fourth-order valence-corrected chi connectivity index (χ4v) is 2.76. The van der Waals surface area contributed by atoms with Crippen LogP contribution in [0, 0.1) is 11.3 Å². The molecule has 0 aromatic heterocycles. The van der Waals surface area contributed by atoms with Crippen molar-refractivity contribution >= 4 is 27.7 Å². The number of phenolic OH excluding ortho intramolecular Hbond substituents is 1. The van der Waals surface area contributed by atoms with Gasteiger partial charge in [-0.2, -0.15) is 5.26 Å². The van der Waals surface area contributed by atoms with Gasteiger partial charge in [0.15, 0.2) is 0 Å². The predicted octanol–water partition coefficient (Wildman–Crippen LogP) is 4.18. The number of halogens is 1. The zero-order valence-corrected chi connectivity index (χ0v) is 11.1. The summed E-state index contributed by atoms with van der Waals surface area (Å²) in [7, 11) is 0. The number of phenols is 1. The third kappa shape index (κ3) is 3.02. The van der Waals surface area contributed by atoms with E-state index in [2.05, 4.69) is 22.0 Å². The first-order chi connectivity index (χ1) is 8.19. The van der Waals surface area contributed by atoms with Crippen molar-refractivity contribution in [2.45, 2.75) is 9.79 Å². The lowest BCUT2D eigenvalue weighted by molar-refractivity contribution is 0.475. The first-order valence-electron chi connectivity index (χ1n) is 4.85. The van der Waals surface area contributed by atoms with E-state index in [-0.39, 0.29) is 5.75 Å². The minimum atomic E-state index is 0.240. The van der Waals surface area contributed by atoms with E-state index in [9.17, 15) is 5.11 Å². The third-order valence-electron chi connectivity index (χ3n) is 2.13. The van der Waals surface area contributed by atoms with Crippen LogP contribution in [0.3, 0.4) is 0 Å². The summed E-state index contributed by atoms with van der Waals surface area (Å²) in [6, 6.07) is 14.6. The van der Waals surface area contributed by atoms with Gasteiger partial charge in [-0.25, -0.2) is 0 Å². The molecule has 0 aliphatic rings. The molecule has 84 valence electrons. The predicted molar refractivity (Wildman–Crippen MR) is 71.1 cm³/mol. The molecular formula is C13H8BrNOS. The molecule has 0 amide bonds. The Labute approximate surface area is 112 Å². The van der Waals surface area contributed by atoms with Crippen LogP contribution in [0.4, 0.5) is 0 Å². The molecule has 0 aliphatic heterocycles. The lowest BCUT2D eigenvalue weighted by Gasteiger charge is -2.04. The molecule has 0 bridgehead atoms. The molecule has 17 heavy (non-hydrogen) atoms. The summed E-state index contributed by atoms with van der Waals surface area (Å²) in [6.07, 6.45) is 0. The number of benzene rings is 2. The first-order valence-corrected chi connectivity index (χ1v) is 6.46. The quantitative estimate of drug-likeness (QED) is 0.905. The number of aromatic hydroxyl groups is 1. The molecule has 0 fully saturated rings. The van der Waals surface area contributed by atoms with Gasteiger partial charge in [-0.1, -0.05) is 27.7 Å². The van der Waals surface area contributed by atoms with E-state index in [1.54, 1.807) is 18.2 Å². The van der Waals surface area contributed by atoms with Crippen molar-refractivity contribution < 1.29 is 5.11 Å². The Morgan fingerprint density at radius 2 is 1.82 bits per heavy atom. The molecule has 0 aliphatic carbocycles. The van der Waals surface area contributed by atoms with E-state index >= 15 is 0 Å². The van der Waals surface area contributed by atoms with E-state index in [1.165, 1.54) is 11.8 Å². The second-order valence-electron chi connectivity index (χ2n) is 3.35. The molecule has 2 nitrogen and oxygen atoms in total. The summed E-state index contributed by atoms with van der Waals surface area (Å²) in [6.45, 7) is 0. The van der Waals surface area contributed by atoms with Gasteiger partial charge in [0.2, 0.25) is 0 Å². The van der Waals surface area contributed by atoms with Gasteiger partial charge in [0.05, 0.1) is 5.56 Å². The van der Waals surface area contributed by atoms with Crippen LogP contribution in [-0.2, 0) is 0 Å². The lowest BCUT2D eigenvalue weighted by atomic mass is 10.2. The summed E-state index contributed by atoms with van der Waals surface area (Å²) in [5.74, 6) is 0.240. The molecule has 0 heterocycles. The van der Waals surface area contributed by atoms with Gasteiger partial charge in [-0.3, -0.25) is 0 Å². The summed E-state index contributed by atoms with van der Waals surface area (Å²) in [4.78, 5) is 1.88. The Morgan fingerprint density at radius 3 is 2.47 bits per heavy atom. The summed E-state index contributed by atoms with van der Waals surface area (Å²) in [5.41, 5.74) is 0.645. The Bertz CT molecular complexity index is 575. The molecule has 0 spiro atoms. The minimum absolute atomic E-state index is 0.240. The maximum Gasteiger partial charge on any atom is 0.115 e. The second kappa shape index (κ2) is 5.26. The number of nitriles is 1. The average Bonchev–Trinajstić information content (AvgIpc) is 2.32. The van der Waals surface area contributed by atoms with Crippen LogP contribution in [-0.4, -0.2) is 5.11 Å². The Hall–Kier alpha value is -1.44. The lowest BCUT2D eigenvalue weighted by Crippen LogP contribution is -1.81. The summed E-state index contributed by atoms with van der Waals surface area (Å²) >= 11 is 4.89. The van der Waals surface area contributed by atoms with Crippen LogP contribution >= 0.6 is 27.7 Å². The molecule has 0 radical (unpaired) electrons. The highest BCUT2D eigenvalue weighted by Gasteiger charge is 2.05. The molecular weight excluding hydrogens is 298 g/mol. The zero-order valence-electron chi connectivity index (χ0n) is 8.72. The van der Waals surface area contributed by atoms with Gasteiger partial charge in [-0.15, -0.1) is 0 Å². The van der Waals surface area contributed by atoms with Crippen molar-refractivity contribution in [1.29, 1.82) is 5.26 Å². The van der Waals surface area contributed by atoms with Crippen LogP contribution in [0.1, 0.15) is 5.56 Å². The van der Waals surface area contributed by atoms with Crippen LogP contribution < -0.4 is 0 Å². The fraction of sp³-hybridized carbons (Fsp3) is 0. The molecule has 2 aromatic carbocycles. The van der Waals surface area contributed by atoms with E-state index in [1.807, 2.05) is 24.3 Å². The number of rotatable bonds is 2. The van der Waals surface area contributed by atoms with Crippen LogP contribution in [0.25, 0.3) is 0 Å². The minimum Gasteiger partial charge on any atom is -0.508 e. The summed E-state index contributed by atoms with van der Waals surface area (Å²) in [5, 5.41) is 18.2. The van der Waals surface area contributed by atoms with Gasteiger partial charge >= 0.3 is 0 Å². The third-order valence-corrected chi connectivity index (χ3v) is 3.69. The van der Waals surface area contributed by atoms with Crippen LogP contribution in [0.5, 0.6) is 5.75 Å². The highest BCUT2D eigenvalue weighted by molar-refractivity contribution is 9.10. The van der Waals surface area contributed by atoms with Crippen molar-refractivity contribution in [3.05, 3.63) is 52.5 Å². The molecule has 0 saturated carbocycles. The van der Waals surface area contributed by atoms with Gasteiger partial charge < -0.3 is 5.11 Å². The van der Waals surface area contributed by atoms with E-state index in [0.717, 1.165) is 14.3 Å². The van der Waals surface area contributed by atoms with E-state index < -0.39 is 0 Å². The number of hydrogen-bond acceptors (Lipinski definition) is 3. The van der Waals surface area contributed by atoms with Gasteiger partial charge in [0, 0.05) is 14.3 Å². The highest BCUT2D eigenvalue weighted by atomic mass is 79.9.